The molecule has 0 bridgehead atoms. The van der Waals surface area contributed by atoms with Crippen molar-refractivity contribution in [3.63, 3.8) is 0 Å². The molecule has 2 aromatic carbocycles. The van der Waals surface area contributed by atoms with E-state index in [9.17, 15) is 18.3 Å². The number of likely N-dealkylation sites (N-methyl/N-ethyl adjacent to an activating group) is 1. The zero-order chi connectivity index (χ0) is 29.4. The Balaban J connectivity index is 2.02. The van der Waals surface area contributed by atoms with E-state index in [2.05, 4.69) is 16.5 Å². The molecule has 0 unspecified atom stereocenters. The molecule has 2 aromatic rings. The standard InChI is InChI=1S/C30H45N3O6S/c1-21-10-13-26(14-11-21)40(36,37)31-25-12-15-28-27(17-25)30(35)33(23(3)20-34)18-22(2)29(19-32(5)6)38-16-8-7-9-24(4)39-28/h10-15,17,22-24,29,31,34H,7-9,16,18-20H2,1-6H3/t22-,23-,24+,29-/m1/s1. The topological polar surface area (TPSA) is 108 Å². The molecule has 4 atom stereocenters. The molecular weight excluding hydrogens is 530 g/mol. The Bertz CT molecular complexity index is 1220. The number of hydrogen-bond acceptors (Lipinski definition) is 7. The maximum Gasteiger partial charge on any atom is 0.261 e. The maximum absolute atomic E-state index is 14.1. The van der Waals surface area contributed by atoms with Crippen LogP contribution in [0.1, 0.15) is 56.0 Å². The SMILES string of the molecule is Cc1ccc(S(=O)(=O)Nc2ccc3c(c2)C(=O)N([C@H](C)CO)C[C@@H](C)[C@@H](CN(C)C)OCCCC[C@H](C)O3)cc1. The summed E-state index contributed by atoms with van der Waals surface area (Å²) < 4.78 is 41.3. The summed E-state index contributed by atoms with van der Waals surface area (Å²) in [6.07, 6.45) is 2.33. The molecule has 1 aliphatic rings. The number of sulfonamides is 1. The molecule has 2 N–H and O–H groups in total. The second-order valence-corrected chi connectivity index (χ2v) is 12.9. The fraction of sp³-hybridized carbons (Fsp3) is 0.567. The first-order valence-corrected chi connectivity index (χ1v) is 15.5. The van der Waals surface area contributed by atoms with Crippen LogP contribution in [0.3, 0.4) is 0 Å². The van der Waals surface area contributed by atoms with Crippen molar-refractivity contribution in [2.75, 3.05) is 45.1 Å². The van der Waals surface area contributed by atoms with Gasteiger partial charge in [-0.2, -0.15) is 0 Å². The minimum Gasteiger partial charge on any atom is -0.490 e. The van der Waals surface area contributed by atoms with Gasteiger partial charge in [0.1, 0.15) is 5.75 Å². The number of fused-ring (bicyclic) bond motifs is 1. The second kappa shape index (κ2) is 14.3. The highest BCUT2D eigenvalue weighted by Gasteiger charge is 2.30. The molecule has 1 aliphatic heterocycles. The molecule has 3 rings (SSSR count). The molecule has 0 aliphatic carbocycles. The van der Waals surface area contributed by atoms with Crippen molar-refractivity contribution in [3.8, 4) is 5.75 Å². The van der Waals surface area contributed by atoms with Gasteiger partial charge in [0, 0.05) is 31.3 Å². The van der Waals surface area contributed by atoms with Crippen LogP contribution in [0, 0.1) is 12.8 Å². The largest absolute Gasteiger partial charge is 0.490 e. The number of ether oxygens (including phenoxy) is 2. The highest BCUT2D eigenvalue weighted by Crippen LogP contribution is 2.29. The number of amides is 1. The average molecular weight is 576 g/mol. The van der Waals surface area contributed by atoms with Crippen LogP contribution in [0.2, 0.25) is 0 Å². The van der Waals surface area contributed by atoms with Gasteiger partial charge in [0.05, 0.1) is 35.3 Å². The molecule has 0 spiro atoms. The van der Waals surface area contributed by atoms with E-state index >= 15 is 0 Å². The van der Waals surface area contributed by atoms with Gasteiger partial charge >= 0.3 is 0 Å². The molecule has 1 amide bonds. The molecule has 40 heavy (non-hydrogen) atoms. The summed E-state index contributed by atoms with van der Waals surface area (Å²) in [7, 11) is 0.118. The van der Waals surface area contributed by atoms with E-state index < -0.39 is 16.1 Å². The van der Waals surface area contributed by atoms with Gasteiger partial charge in [0.15, 0.2) is 0 Å². The number of anilines is 1. The van der Waals surface area contributed by atoms with Gasteiger partial charge in [-0.3, -0.25) is 9.52 Å². The molecule has 0 fully saturated rings. The van der Waals surface area contributed by atoms with Crippen LogP contribution in [0.5, 0.6) is 5.75 Å². The lowest BCUT2D eigenvalue weighted by atomic mass is 10.0. The Kier molecular flexibility index (Phi) is 11.4. The lowest BCUT2D eigenvalue weighted by molar-refractivity contribution is -0.0137. The van der Waals surface area contributed by atoms with Crippen molar-refractivity contribution in [3.05, 3.63) is 53.6 Å². The number of nitrogens with one attached hydrogen (secondary N) is 1. The van der Waals surface area contributed by atoms with Crippen LogP contribution in [-0.2, 0) is 14.8 Å². The van der Waals surface area contributed by atoms with E-state index in [4.69, 9.17) is 9.47 Å². The van der Waals surface area contributed by atoms with Crippen molar-refractivity contribution in [1.82, 2.24) is 9.80 Å². The van der Waals surface area contributed by atoms with Gasteiger partial charge in [0.25, 0.3) is 15.9 Å². The van der Waals surface area contributed by atoms with Gasteiger partial charge in [0.2, 0.25) is 0 Å². The quantitative estimate of drug-likeness (QED) is 0.511. The number of rotatable bonds is 7. The summed E-state index contributed by atoms with van der Waals surface area (Å²) in [6, 6.07) is 10.9. The minimum atomic E-state index is -3.87. The Morgan fingerprint density at radius 2 is 1.82 bits per heavy atom. The number of aliphatic hydroxyl groups is 1. The van der Waals surface area contributed by atoms with Crippen LogP contribution < -0.4 is 9.46 Å². The Labute approximate surface area is 239 Å². The van der Waals surface area contributed by atoms with Crippen LogP contribution in [-0.4, -0.2) is 87.9 Å². The zero-order valence-electron chi connectivity index (χ0n) is 24.6. The van der Waals surface area contributed by atoms with Crippen molar-refractivity contribution in [2.24, 2.45) is 5.92 Å². The Hall–Kier alpha value is -2.66. The van der Waals surface area contributed by atoms with E-state index in [-0.39, 0.29) is 46.8 Å². The number of benzene rings is 2. The maximum atomic E-state index is 14.1. The van der Waals surface area contributed by atoms with Crippen molar-refractivity contribution in [2.45, 2.75) is 70.1 Å². The van der Waals surface area contributed by atoms with Crippen molar-refractivity contribution >= 4 is 21.6 Å². The molecule has 0 saturated heterocycles. The molecule has 9 nitrogen and oxygen atoms in total. The lowest BCUT2D eigenvalue weighted by Gasteiger charge is -2.35. The number of aliphatic hydroxyl groups excluding tert-OH is 1. The third-order valence-electron chi connectivity index (χ3n) is 7.18. The predicted octanol–water partition coefficient (Wildman–Crippen LogP) is 4.15. The average Bonchev–Trinajstić information content (AvgIpc) is 2.90. The summed E-state index contributed by atoms with van der Waals surface area (Å²) in [6.45, 7) is 9.16. The molecule has 10 heteroatoms. The molecule has 0 radical (unpaired) electrons. The summed E-state index contributed by atoms with van der Waals surface area (Å²) in [4.78, 5) is 18.0. The van der Waals surface area contributed by atoms with Gasteiger partial charge < -0.3 is 24.4 Å². The lowest BCUT2D eigenvalue weighted by Crippen LogP contribution is -2.47. The van der Waals surface area contributed by atoms with Crippen LogP contribution in [0.15, 0.2) is 47.4 Å². The first-order valence-electron chi connectivity index (χ1n) is 14.0. The molecule has 222 valence electrons. The second-order valence-electron chi connectivity index (χ2n) is 11.2. The first-order chi connectivity index (χ1) is 18.9. The van der Waals surface area contributed by atoms with Crippen LogP contribution >= 0.6 is 0 Å². The normalized spacial score (nSPS) is 22.2. The van der Waals surface area contributed by atoms with Crippen LogP contribution in [0.25, 0.3) is 0 Å². The summed E-state index contributed by atoms with van der Waals surface area (Å²) >= 11 is 0. The van der Waals surface area contributed by atoms with E-state index in [1.54, 1.807) is 48.2 Å². The molecule has 0 saturated carbocycles. The highest BCUT2D eigenvalue weighted by atomic mass is 32.2. The third-order valence-corrected chi connectivity index (χ3v) is 8.58. The smallest absolute Gasteiger partial charge is 0.261 e. The predicted molar refractivity (Wildman–Crippen MR) is 157 cm³/mol. The number of hydrogen-bond donors (Lipinski definition) is 2. The Morgan fingerprint density at radius 1 is 1.12 bits per heavy atom. The van der Waals surface area contributed by atoms with Gasteiger partial charge in [-0.05, 0) is 84.5 Å². The van der Waals surface area contributed by atoms with E-state index in [0.717, 1.165) is 24.8 Å². The van der Waals surface area contributed by atoms with Crippen molar-refractivity contribution in [1.29, 1.82) is 0 Å². The zero-order valence-corrected chi connectivity index (χ0v) is 25.4. The minimum absolute atomic E-state index is 0.0187. The van der Waals surface area contributed by atoms with E-state index in [0.29, 0.717) is 25.4 Å². The highest BCUT2D eigenvalue weighted by molar-refractivity contribution is 7.92. The van der Waals surface area contributed by atoms with Gasteiger partial charge in [-0.15, -0.1) is 0 Å². The van der Waals surface area contributed by atoms with Gasteiger partial charge in [-0.25, -0.2) is 8.42 Å². The monoisotopic (exact) mass is 575 g/mol. The Morgan fingerprint density at radius 3 is 2.48 bits per heavy atom. The molecule has 1 heterocycles. The fourth-order valence-electron chi connectivity index (χ4n) is 4.74. The van der Waals surface area contributed by atoms with Crippen LogP contribution in [0.4, 0.5) is 5.69 Å². The molecule has 0 aromatic heterocycles. The first kappa shape index (κ1) is 31.9. The summed E-state index contributed by atoms with van der Waals surface area (Å²) in [5.41, 5.74) is 1.45. The summed E-state index contributed by atoms with van der Waals surface area (Å²) in [5.74, 6) is 0.0270. The molecular formula is C30H45N3O6S. The van der Waals surface area contributed by atoms with E-state index in [1.165, 1.54) is 6.07 Å². The number of carbonyl (C=O) groups excluding carboxylic acids is 1. The number of carbonyl (C=O) groups is 1. The van der Waals surface area contributed by atoms with Gasteiger partial charge in [-0.1, -0.05) is 24.6 Å². The van der Waals surface area contributed by atoms with E-state index in [1.807, 2.05) is 27.9 Å². The summed E-state index contributed by atoms with van der Waals surface area (Å²) in [5, 5.41) is 10.1. The third kappa shape index (κ3) is 8.67. The van der Waals surface area contributed by atoms with Crippen molar-refractivity contribution < 1.29 is 27.8 Å². The fourth-order valence-corrected chi connectivity index (χ4v) is 5.79. The number of nitrogens with zero attached hydrogens (tertiary/aromatic N) is 2. The number of aryl methyl sites for hydroxylation is 1.